The Morgan fingerprint density at radius 3 is 2.85 bits per heavy atom. The summed E-state index contributed by atoms with van der Waals surface area (Å²) in [5, 5.41) is 6.07. The Bertz CT molecular complexity index is 639. The minimum Gasteiger partial charge on any atom is -0.496 e. The predicted octanol–water partition coefficient (Wildman–Crippen LogP) is 3.67. The van der Waals surface area contributed by atoms with Crippen LogP contribution in [0.2, 0.25) is 0 Å². The first-order valence-corrected chi connectivity index (χ1v) is 7.51. The summed E-state index contributed by atoms with van der Waals surface area (Å²) in [5.74, 6) is 0.203. The van der Waals surface area contributed by atoms with Crippen molar-refractivity contribution in [3.63, 3.8) is 0 Å². The van der Waals surface area contributed by atoms with E-state index in [9.17, 15) is 4.79 Å². The molecule has 0 unspecified atom stereocenters. The molecule has 4 nitrogen and oxygen atoms in total. The number of benzene rings is 1. The van der Waals surface area contributed by atoms with E-state index in [0.717, 1.165) is 15.1 Å². The van der Waals surface area contributed by atoms with Gasteiger partial charge in [-0.2, -0.15) is 5.10 Å². The van der Waals surface area contributed by atoms with Crippen LogP contribution in [0.1, 0.15) is 22.2 Å². The third-order valence-corrected chi connectivity index (χ3v) is 4.08. The van der Waals surface area contributed by atoms with Gasteiger partial charge in [0.05, 0.1) is 18.4 Å². The fourth-order valence-electron chi connectivity index (χ4n) is 1.59. The van der Waals surface area contributed by atoms with Crippen molar-refractivity contribution in [3.8, 4) is 5.75 Å². The number of amides is 1. The first-order valence-electron chi connectivity index (χ1n) is 5.84. The Kier molecular flexibility index (Phi) is 4.92. The number of methoxy groups -OCH3 is 1. The highest BCUT2D eigenvalue weighted by molar-refractivity contribution is 9.10. The average molecular weight is 353 g/mol. The molecule has 1 heterocycles. The number of carbonyl (C=O) groups excluding carboxylic acids is 1. The van der Waals surface area contributed by atoms with Crippen molar-refractivity contribution in [1.82, 2.24) is 5.43 Å². The summed E-state index contributed by atoms with van der Waals surface area (Å²) >= 11 is 4.91. The van der Waals surface area contributed by atoms with Gasteiger partial charge in [-0.15, -0.1) is 11.3 Å². The van der Waals surface area contributed by atoms with Crippen LogP contribution in [-0.2, 0) is 0 Å². The van der Waals surface area contributed by atoms with E-state index >= 15 is 0 Å². The summed E-state index contributed by atoms with van der Waals surface area (Å²) in [6, 6.07) is 9.14. The zero-order chi connectivity index (χ0) is 14.5. The van der Waals surface area contributed by atoms with Crippen LogP contribution in [0.3, 0.4) is 0 Å². The number of ether oxygens (including phenoxy) is 1. The fourth-order valence-corrected chi connectivity index (χ4v) is 2.63. The van der Waals surface area contributed by atoms with Gasteiger partial charge in [-0.25, -0.2) is 5.43 Å². The predicted molar refractivity (Wildman–Crippen MR) is 84.7 cm³/mol. The second kappa shape index (κ2) is 6.67. The maximum atomic E-state index is 12.1. The highest BCUT2D eigenvalue weighted by atomic mass is 79.9. The van der Waals surface area contributed by atoms with Crippen LogP contribution < -0.4 is 10.2 Å². The van der Waals surface area contributed by atoms with Gasteiger partial charge in [-0.3, -0.25) is 4.79 Å². The Morgan fingerprint density at radius 2 is 2.20 bits per heavy atom. The third kappa shape index (κ3) is 3.46. The van der Waals surface area contributed by atoms with Crippen molar-refractivity contribution < 1.29 is 9.53 Å². The van der Waals surface area contributed by atoms with Crippen LogP contribution in [0.25, 0.3) is 0 Å². The minimum absolute atomic E-state index is 0.306. The summed E-state index contributed by atoms with van der Waals surface area (Å²) in [6.45, 7) is 1.85. The first kappa shape index (κ1) is 14.7. The van der Waals surface area contributed by atoms with Gasteiger partial charge in [0.25, 0.3) is 5.91 Å². The van der Waals surface area contributed by atoms with Crippen LogP contribution in [0.4, 0.5) is 0 Å². The number of nitrogens with zero attached hydrogens (tertiary/aromatic N) is 1. The second-order valence-corrected chi connectivity index (χ2v) is 5.82. The maximum absolute atomic E-state index is 12.1. The monoisotopic (exact) mass is 352 g/mol. The topological polar surface area (TPSA) is 50.7 Å². The van der Waals surface area contributed by atoms with Crippen molar-refractivity contribution in [2.24, 2.45) is 5.10 Å². The molecule has 2 rings (SSSR count). The van der Waals surface area contributed by atoms with E-state index in [0.29, 0.717) is 11.3 Å². The Balaban J connectivity index is 2.16. The number of carbonyl (C=O) groups is 1. The van der Waals surface area contributed by atoms with Gasteiger partial charge in [0, 0.05) is 9.35 Å². The van der Waals surface area contributed by atoms with Crippen molar-refractivity contribution in [1.29, 1.82) is 0 Å². The lowest BCUT2D eigenvalue weighted by Gasteiger charge is -2.07. The first-order chi connectivity index (χ1) is 9.61. The molecule has 0 atom stereocenters. The van der Waals surface area contributed by atoms with Crippen molar-refractivity contribution in [3.05, 3.63) is 50.6 Å². The molecular formula is C14H13BrN2O2S. The molecular weight excluding hydrogens is 340 g/mol. The molecule has 0 saturated heterocycles. The lowest BCUT2D eigenvalue weighted by molar-refractivity contribution is 0.0951. The molecule has 0 radical (unpaired) electrons. The number of hydrazone groups is 1. The zero-order valence-electron chi connectivity index (χ0n) is 11.0. The average Bonchev–Trinajstić information content (AvgIpc) is 2.98. The van der Waals surface area contributed by atoms with E-state index in [1.807, 2.05) is 30.5 Å². The SMILES string of the molecule is COc1ccc(Br)cc1C(=O)N/N=C(/C)c1cccs1. The smallest absolute Gasteiger partial charge is 0.275 e. The lowest BCUT2D eigenvalue weighted by atomic mass is 10.2. The lowest BCUT2D eigenvalue weighted by Crippen LogP contribution is -2.19. The minimum atomic E-state index is -0.306. The van der Waals surface area contributed by atoms with E-state index < -0.39 is 0 Å². The van der Waals surface area contributed by atoms with Crippen LogP contribution in [0, 0.1) is 0 Å². The molecule has 0 spiro atoms. The van der Waals surface area contributed by atoms with Gasteiger partial charge in [0.2, 0.25) is 0 Å². The molecule has 1 amide bonds. The molecule has 1 aromatic carbocycles. The van der Waals surface area contributed by atoms with Crippen LogP contribution in [0.15, 0.2) is 45.3 Å². The third-order valence-electron chi connectivity index (χ3n) is 2.61. The number of nitrogens with one attached hydrogen (secondary N) is 1. The molecule has 2 aromatic rings. The fraction of sp³-hybridized carbons (Fsp3) is 0.143. The number of halogens is 1. The summed E-state index contributed by atoms with van der Waals surface area (Å²) in [4.78, 5) is 13.2. The molecule has 6 heteroatoms. The molecule has 1 N–H and O–H groups in total. The van der Waals surface area contributed by atoms with Crippen LogP contribution in [-0.4, -0.2) is 18.7 Å². The summed E-state index contributed by atoms with van der Waals surface area (Å²) in [7, 11) is 1.53. The van der Waals surface area contributed by atoms with Crippen LogP contribution in [0.5, 0.6) is 5.75 Å². The summed E-state index contributed by atoms with van der Waals surface area (Å²) in [6.07, 6.45) is 0. The molecule has 0 saturated carbocycles. The molecule has 20 heavy (non-hydrogen) atoms. The van der Waals surface area contributed by atoms with Gasteiger partial charge in [0.1, 0.15) is 5.75 Å². The maximum Gasteiger partial charge on any atom is 0.275 e. The molecule has 0 aliphatic rings. The summed E-state index contributed by atoms with van der Waals surface area (Å²) in [5.41, 5.74) is 3.74. The Morgan fingerprint density at radius 1 is 1.40 bits per heavy atom. The van der Waals surface area contributed by atoms with Crippen LogP contribution >= 0.6 is 27.3 Å². The van der Waals surface area contributed by atoms with Crippen molar-refractivity contribution >= 4 is 38.9 Å². The van der Waals surface area contributed by atoms with E-state index in [1.165, 1.54) is 7.11 Å². The highest BCUT2D eigenvalue weighted by Gasteiger charge is 2.12. The Hall–Kier alpha value is -1.66. The van der Waals surface area contributed by atoms with Gasteiger partial charge >= 0.3 is 0 Å². The zero-order valence-corrected chi connectivity index (χ0v) is 13.4. The number of hydrogen-bond donors (Lipinski definition) is 1. The van der Waals surface area contributed by atoms with E-state index in [1.54, 1.807) is 23.5 Å². The number of thiophene rings is 1. The standard InChI is InChI=1S/C14H13BrN2O2S/c1-9(13-4-3-7-20-13)16-17-14(18)11-8-10(15)5-6-12(11)19-2/h3-8H,1-2H3,(H,17,18)/b16-9-. The van der Waals surface area contributed by atoms with Gasteiger partial charge in [-0.1, -0.05) is 22.0 Å². The highest BCUT2D eigenvalue weighted by Crippen LogP contribution is 2.22. The van der Waals surface area contributed by atoms with Crippen molar-refractivity contribution in [2.75, 3.05) is 7.11 Å². The van der Waals surface area contributed by atoms with E-state index in [2.05, 4.69) is 26.5 Å². The molecule has 0 fully saturated rings. The summed E-state index contributed by atoms with van der Waals surface area (Å²) < 4.78 is 5.98. The van der Waals surface area contributed by atoms with Gasteiger partial charge < -0.3 is 4.74 Å². The Labute approximate surface area is 129 Å². The molecule has 0 aliphatic carbocycles. The quantitative estimate of drug-likeness (QED) is 0.674. The number of hydrogen-bond acceptors (Lipinski definition) is 4. The second-order valence-electron chi connectivity index (χ2n) is 3.96. The van der Waals surface area contributed by atoms with E-state index in [-0.39, 0.29) is 5.91 Å². The van der Waals surface area contributed by atoms with E-state index in [4.69, 9.17) is 4.74 Å². The molecule has 0 bridgehead atoms. The largest absolute Gasteiger partial charge is 0.496 e. The van der Waals surface area contributed by atoms with Crippen molar-refractivity contribution in [2.45, 2.75) is 6.92 Å². The normalized spacial score (nSPS) is 11.2. The number of rotatable bonds is 4. The van der Waals surface area contributed by atoms with Gasteiger partial charge in [-0.05, 0) is 36.6 Å². The molecule has 0 aliphatic heterocycles. The molecule has 1 aromatic heterocycles. The van der Waals surface area contributed by atoms with Gasteiger partial charge in [0.15, 0.2) is 0 Å². The molecule has 104 valence electrons.